The van der Waals surface area contributed by atoms with Crippen LogP contribution in [0, 0.1) is 18.6 Å². The molecule has 0 spiro atoms. The number of hydrogen-bond acceptors (Lipinski definition) is 4. The number of ether oxygens (including phenoxy) is 1. The van der Waals surface area contributed by atoms with Crippen LogP contribution in [0.3, 0.4) is 0 Å². The molecule has 1 unspecified atom stereocenters. The molecule has 1 atom stereocenters. The molecule has 7 heteroatoms. The first kappa shape index (κ1) is 16.5. The quantitative estimate of drug-likeness (QED) is 0.878. The fraction of sp³-hybridized carbons (Fsp3) is 0.188. The number of halogens is 2. The van der Waals surface area contributed by atoms with Crippen LogP contribution in [0.4, 0.5) is 8.78 Å². The van der Waals surface area contributed by atoms with Crippen molar-refractivity contribution in [2.45, 2.75) is 13.0 Å². The Bertz CT molecular complexity index is 750. The monoisotopic (exact) mass is 320 g/mol. The van der Waals surface area contributed by atoms with Gasteiger partial charge in [0, 0.05) is 24.0 Å². The number of hydrogen-bond donors (Lipinski definition) is 1. The first-order valence-corrected chi connectivity index (χ1v) is 6.67. The maximum atomic E-state index is 13.9. The number of nitrogens with zero attached hydrogens (tertiary/aromatic N) is 1. The molecular weight excluding hydrogens is 306 g/mol. The van der Waals surface area contributed by atoms with Gasteiger partial charge in [-0.1, -0.05) is 6.07 Å². The lowest BCUT2D eigenvalue weighted by molar-refractivity contribution is -0.143. The highest BCUT2D eigenvalue weighted by Crippen LogP contribution is 2.20. The number of aromatic nitrogens is 1. The molecule has 2 aromatic rings. The van der Waals surface area contributed by atoms with E-state index in [0.29, 0.717) is 6.07 Å². The van der Waals surface area contributed by atoms with E-state index < -0.39 is 29.6 Å². The summed E-state index contributed by atoms with van der Waals surface area (Å²) in [6.45, 7) is 1.75. The Balaban J connectivity index is 2.32. The van der Waals surface area contributed by atoms with Crippen molar-refractivity contribution < 1.29 is 23.1 Å². The summed E-state index contributed by atoms with van der Waals surface area (Å²) >= 11 is 0. The summed E-state index contributed by atoms with van der Waals surface area (Å²) in [4.78, 5) is 28.0. The third-order valence-corrected chi connectivity index (χ3v) is 3.12. The van der Waals surface area contributed by atoms with E-state index in [4.69, 9.17) is 0 Å². The van der Waals surface area contributed by atoms with Crippen LogP contribution in [0.15, 0.2) is 36.7 Å². The lowest BCUT2D eigenvalue weighted by Gasteiger charge is -2.17. The van der Waals surface area contributed by atoms with Crippen molar-refractivity contribution in [2.75, 3.05) is 7.11 Å². The molecule has 1 aromatic carbocycles. The fourth-order valence-corrected chi connectivity index (χ4v) is 2.01. The molecule has 0 saturated carbocycles. The standard InChI is InChI=1S/C16H14F2N2O3/c1-9-5-10(8-19-7-9)15(21)20-14(16(22)23-2)12-4-3-11(17)6-13(12)18/h3-8,14H,1-2H3,(H,20,21). The van der Waals surface area contributed by atoms with Gasteiger partial charge in [-0.25, -0.2) is 13.6 Å². The lowest BCUT2D eigenvalue weighted by atomic mass is 10.1. The predicted octanol–water partition coefficient (Wildman–Crippen LogP) is 2.31. The Morgan fingerprint density at radius 1 is 1.22 bits per heavy atom. The average molecular weight is 320 g/mol. The third-order valence-electron chi connectivity index (χ3n) is 3.12. The van der Waals surface area contributed by atoms with Crippen molar-refractivity contribution in [1.82, 2.24) is 10.3 Å². The summed E-state index contributed by atoms with van der Waals surface area (Å²) in [6, 6.07) is 2.88. The SMILES string of the molecule is COC(=O)C(NC(=O)c1cncc(C)c1)c1ccc(F)cc1F. The second kappa shape index (κ2) is 6.95. The molecule has 23 heavy (non-hydrogen) atoms. The van der Waals surface area contributed by atoms with Crippen molar-refractivity contribution in [3.05, 3.63) is 65.0 Å². The highest BCUT2D eigenvalue weighted by atomic mass is 19.1. The number of nitrogens with one attached hydrogen (secondary N) is 1. The molecule has 1 heterocycles. The number of carbonyl (C=O) groups excluding carboxylic acids is 2. The van der Waals surface area contributed by atoms with Gasteiger partial charge in [-0.3, -0.25) is 9.78 Å². The molecule has 1 amide bonds. The van der Waals surface area contributed by atoms with Crippen molar-refractivity contribution in [1.29, 1.82) is 0 Å². The first-order chi connectivity index (χ1) is 10.9. The number of rotatable bonds is 4. The van der Waals surface area contributed by atoms with Gasteiger partial charge in [0.15, 0.2) is 6.04 Å². The summed E-state index contributed by atoms with van der Waals surface area (Å²) in [5, 5.41) is 2.37. The minimum atomic E-state index is -1.39. The zero-order valence-electron chi connectivity index (χ0n) is 12.5. The molecule has 0 aliphatic heterocycles. The van der Waals surface area contributed by atoms with Crippen LogP contribution in [0.2, 0.25) is 0 Å². The van der Waals surface area contributed by atoms with Crippen LogP contribution in [0.25, 0.3) is 0 Å². The van der Waals surface area contributed by atoms with E-state index in [2.05, 4.69) is 15.0 Å². The summed E-state index contributed by atoms with van der Waals surface area (Å²) in [5.74, 6) is -3.24. The molecule has 1 aromatic heterocycles. The zero-order chi connectivity index (χ0) is 17.0. The number of methoxy groups -OCH3 is 1. The van der Waals surface area contributed by atoms with Crippen LogP contribution in [0.5, 0.6) is 0 Å². The van der Waals surface area contributed by atoms with E-state index in [-0.39, 0.29) is 11.1 Å². The highest BCUT2D eigenvalue weighted by Gasteiger charge is 2.27. The largest absolute Gasteiger partial charge is 0.467 e. The van der Waals surface area contributed by atoms with Gasteiger partial charge in [-0.05, 0) is 24.6 Å². The molecular formula is C16H14F2N2O3. The van der Waals surface area contributed by atoms with E-state index in [0.717, 1.165) is 24.8 Å². The predicted molar refractivity (Wildman–Crippen MR) is 77.6 cm³/mol. The third kappa shape index (κ3) is 3.88. The summed E-state index contributed by atoms with van der Waals surface area (Å²) in [7, 11) is 1.11. The van der Waals surface area contributed by atoms with Gasteiger partial charge in [-0.2, -0.15) is 0 Å². The van der Waals surface area contributed by atoms with Gasteiger partial charge >= 0.3 is 5.97 Å². The Kier molecular flexibility index (Phi) is 5.00. The molecule has 0 radical (unpaired) electrons. The molecule has 0 aliphatic rings. The Hall–Kier alpha value is -2.83. The summed E-state index contributed by atoms with van der Waals surface area (Å²) < 4.78 is 31.5. The molecule has 120 valence electrons. The van der Waals surface area contributed by atoms with Crippen LogP contribution in [-0.2, 0) is 9.53 Å². The van der Waals surface area contributed by atoms with Crippen LogP contribution in [0.1, 0.15) is 27.5 Å². The minimum absolute atomic E-state index is 0.188. The molecule has 0 bridgehead atoms. The van der Waals surface area contributed by atoms with Gasteiger partial charge in [0.05, 0.1) is 12.7 Å². The van der Waals surface area contributed by atoms with E-state index in [1.54, 1.807) is 19.2 Å². The summed E-state index contributed by atoms with van der Waals surface area (Å²) in [6.07, 6.45) is 2.88. The number of esters is 1. The van der Waals surface area contributed by atoms with E-state index >= 15 is 0 Å². The second-order valence-electron chi connectivity index (χ2n) is 4.85. The van der Waals surface area contributed by atoms with Crippen LogP contribution >= 0.6 is 0 Å². The van der Waals surface area contributed by atoms with Crippen LogP contribution < -0.4 is 5.32 Å². The number of amides is 1. The maximum absolute atomic E-state index is 13.9. The molecule has 0 saturated heterocycles. The fourth-order valence-electron chi connectivity index (χ4n) is 2.01. The normalized spacial score (nSPS) is 11.7. The van der Waals surface area contributed by atoms with Gasteiger partial charge in [0.2, 0.25) is 0 Å². The second-order valence-corrected chi connectivity index (χ2v) is 4.85. The number of pyridine rings is 1. The van der Waals surface area contributed by atoms with Crippen molar-refractivity contribution >= 4 is 11.9 Å². The van der Waals surface area contributed by atoms with E-state index in [1.807, 2.05) is 0 Å². The van der Waals surface area contributed by atoms with E-state index in [9.17, 15) is 18.4 Å². The first-order valence-electron chi connectivity index (χ1n) is 6.67. The zero-order valence-corrected chi connectivity index (χ0v) is 12.5. The number of benzene rings is 1. The minimum Gasteiger partial charge on any atom is -0.467 e. The molecule has 0 aliphatic carbocycles. The van der Waals surface area contributed by atoms with Crippen molar-refractivity contribution in [3.63, 3.8) is 0 Å². The Labute approximate surface area is 131 Å². The Morgan fingerprint density at radius 3 is 2.57 bits per heavy atom. The molecule has 1 N–H and O–H groups in total. The average Bonchev–Trinajstić information content (AvgIpc) is 2.52. The molecule has 0 fully saturated rings. The van der Waals surface area contributed by atoms with E-state index in [1.165, 1.54) is 6.20 Å². The topological polar surface area (TPSA) is 68.3 Å². The van der Waals surface area contributed by atoms with Crippen molar-refractivity contribution in [3.8, 4) is 0 Å². The summed E-state index contributed by atoms with van der Waals surface area (Å²) in [5.41, 5.74) is 0.772. The smallest absolute Gasteiger partial charge is 0.333 e. The highest BCUT2D eigenvalue weighted by molar-refractivity contribution is 5.96. The van der Waals surface area contributed by atoms with Gasteiger partial charge in [-0.15, -0.1) is 0 Å². The number of aryl methyl sites for hydroxylation is 1. The molecule has 5 nitrogen and oxygen atoms in total. The Morgan fingerprint density at radius 2 is 1.96 bits per heavy atom. The van der Waals surface area contributed by atoms with Crippen LogP contribution in [-0.4, -0.2) is 24.0 Å². The van der Waals surface area contributed by atoms with Crippen molar-refractivity contribution in [2.24, 2.45) is 0 Å². The lowest BCUT2D eigenvalue weighted by Crippen LogP contribution is -2.35. The van der Waals surface area contributed by atoms with Gasteiger partial charge < -0.3 is 10.1 Å². The molecule has 2 rings (SSSR count). The maximum Gasteiger partial charge on any atom is 0.333 e. The van der Waals surface area contributed by atoms with Gasteiger partial charge in [0.1, 0.15) is 11.6 Å². The van der Waals surface area contributed by atoms with Gasteiger partial charge in [0.25, 0.3) is 5.91 Å². The number of carbonyl (C=O) groups is 2.